The van der Waals surface area contributed by atoms with Crippen molar-refractivity contribution >= 4 is 39.6 Å². The van der Waals surface area contributed by atoms with Crippen LogP contribution in [-0.4, -0.2) is 33.8 Å². The number of halogens is 1. The molecule has 1 N–H and O–H groups in total. The molecule has 0 radical (unpaired) electrons. The maximum absolute atomic E-state index is 13.0. The normalized spacial score (nSPS) is 11.0. The smallest absolute Gasteiger partial charge is 0.435 e. The van der Waals surface area contributed by atoms with Gasteiger partial charge in [0.1, 0.15) is 11.3 Å². The second-order valence-electron chi connectivity index (χ2n) is 7.06. The molecule has 1 aromatic carbocycles. The summed E-state index contributed by atoms with van der Waals surface area (Å²) in [5.41, 5.74) is 4.35. The van der Waals surface area contributed by atoms with E-state index in [1.54, 1.807) is 38.3 Å². The number of amides is 2. The minimum absolute atomic E-state index is 0.329. The van der Waals surface area contributed by atoms with Crippen molar-refractivity contribution in [1.82, 2.24) is 14.8 Å². The van der Waals surface area contributed by atoms with Gasteiger partial charge in [-0.2, -0.15) is 5.01 Å². The van der Waals surface area contributed by atoms with Crippen molar-refractivity contribution in [3.8, 4) is 11.3 Å². The molecular formula is C21H23BrN4O4. The summed E-state index contributed by atoms with van der Waals surface area (Å²) in [4.78, 5) is 30.0. The summed E-state index contributed by atoms with van der Waals surface area (Å²) in [5.74, 6) is 0.329. The third-order valence-electron chi connectivity index (χ3n) is 3.89. The number of rotatable bonds is 4. The Kier molecular flexibility index (Phi) is 6.61. The third kappa shape index (κ3) is 4.91. The summed E-state index contributed by atoms with van der Waals surface area (Å²) < 4.78 is 13.1. The number of pyridine rings is 1. The van der Waals surface area contributed by atoms with Gasteiger partial charge in [-0.1, -0.05) is 46.3 Å². The first-order chi connectivity index (χ1) is 14.3. The molecule has 3 aromatic rings. The second-order valence-corrected chi connectivity index (χ2v) is 7.97. The molecule has 2 amide bonds. The van der Waals surface area contributed by atoms with Gasteiger partial charge in [-0.15, -0.1) is 0 Å². The standard InChI is InChI=1S/C21H23BrN4O4/c1-13(2)29-20(27)24-26(21(28)30-14(3)4)19-18(15-8-6-5-7-9-15)23-17-12-16(22)10-11-25(17)19/h5-14H,1-4H3,(H,24,27). The van der Waals surface area contributed by atoms with E-state index in [9.17, 15) is 9.59 Å². The number of carbonyl (C=O) groups is 2. The number of ether oxygens (including phenoxy) is 2. The summed E-state index contributed by atoms with van der Waals surface area (Å²) >= 11 is 3.44. The number of carbonyl (C=O) groups excluding carboxylic acids is 2. The SMILES string of the molecule is CC(C)OC(=O)NN(C(=O)OC(C)C)c1c(-c2ccccc2)nc2cc(Br)ccn12. The summed E-state index contributed by atoms with van der Waals surface area (Å²) in [7, 11) is 0. The Morgan fingerprint density at radius 1 is 1.07 bits per heavy atom. The number of imidazole rings is 1. The van der Waals surface area contributed by atoms with E-state index in [-0.39, 0.29) is 6.10 Å². The van der Waals surface area contributed by atoms with Gasteiger partial charge in [0.05, 0.1) is 12.2 Å². The monoisotopic (exact) mass is 474 g/mol. The highest BCUT2D eigenvalue weighted by Crippen LogP contribution is 2.32. The van der Waals surface area contributed by atoms with E-state index in [4.69, 9.17) is 9.47 Å². The van der Waals surface area contributed by atoms with Gasteiger partial charge in [-0.05, 0) is 39.8 Å². The van der Waals surface area contributed by atoms with E-state index in [1.165, 1.54) is 0 Å². The molecule has 0 fully saturated rings. The third-order valence-corrected chi connectivity index (χ3v) is 4.38. The Hall–Kier alpha value is -3.07. The molecule has 0 aliphatic rings. The Balaban J connectivity index is 2.18. The fourth-order valence-electron chi connectivity index (χ4n) is 2.78. The Bertz CT molecular complexity index is 1050. The van der Waals surface area contributed by atoms with Gasteiger partial charge < -0.3 is 9.47 Å². The molecule has 0 aliphatic heterocycles. The molecule has 0 aliphatic carbocycles. The fourth-order valence-corrected chi connectivity index (χ4v) is 3.10. The predicted octanol–water partition coefficient (Wildman–Crippen LogP) is 5.16. The van der Waals surface area contributed by atoms with Crippen LogP contribution in [0.3, 0.4) is 0 Å². The van der Waals surface area contributed by atoms with Gasteiger partial charge in [0.25, 0.3) is 0 Å². The van der Waals surface area contributed by atoms with Crippen LogP contribution in [0.2, 0.25) is 0 Å². The molecule has 2 heterocycles. The molecule has 0 saturated carbocycles. The van der Waals surface area contributed by atoms with E-state index >= 15 is 0 Å². The van der Waals surface area contributed by atoms with E-state index in [0.29, 0.717) is 17.2 Å². The first kappa shape index (κ1) is 21.6. The largest absolute Gasteiger partial charge is 0.446 e. The lowest BCUT2D eigenvalue weighted by atomic mass is 10.1. The highest BCUT2D eigenvalue weighted by atomic mass is 79.9. The summed E-state index contributed by atoms with van der Waals surface area (Å²) in [5, 5.41) is 1.03. The number of aromatic nitrogens is 2. The lowest BCUT2D eigenvalue weighted by Gasteiger charge is -2.24. The summed E-state index contributed by atoms with van der Waals surface area (Å²) in [6, 6.07) is 13.0. The van der Waals surface area contributed by atoms with Crippen molar-refractivity contribution in [1.29, 1.82) is 0 Å². The Labute approximate surface area is 182 Å². The number of nitrogens with zero attached hydrogens (tertiary/aromatic N) is 3. The Morgan fingerprint density at radius 3 is 2.37 bits per heavy atom. The molecule has 8 nitrogen and oxygen atoms in total. The average Bonchev–Trinajstić information content (AvgIpc) is 3.03. The topological polar surface area (TPSA) is 85.2 Å². The predicted molar refractivity (Wildman–Crippen MR) is 117 cm³/mol. The first-order valence-electron chi connectivity index (χ1n) is 9.47. The Morgan fingerprint density at radius 2 is 1.73 bits per heavy atom. The van der Waals surface area contributed by atoms with Crippen LogP contribution in [0.4, 0.5) is 15.4 Å². The molecule has 3 rings (SSSR count). The molecule has 9 heteroatoms. The van der Waals surface area contributed by atoms with Crippen molar-refractivity contribution in [2.75, 3.05) is 5.01 Å². The maximum Gasteiger partial charge on any atom is 0.435 e. The van der Waals surface area contributed by atoms with Crippen molar-refractivity contribution < 1.29 is 19.1 Å². The molecule has 0 bridgehead atoms. The molecule has 0 saturated heterocycles. The number of fused-ring (bicyclic) bond motifs is 1. The van der Waals surface area contributed by atoms with Crippen LogP contribution in [0.15, 0.2) is 53.1 Å². The van der Waals surface area contributed by atoms with Crippen molar-refractivity contribution in [2.45, 2.75) is 39.9 Å². The zero-order valence-electron chi connectivity index (χ0n) is 17.1. The number of hydrazine groups is 1. The number of benzene rings is 1. The molecule has 30 heavy (non-hydrogen) atoms. The van der Waals surface area contributed by atoms with Crippen LogP contribution in [0.25, 0.3) is 16.9 Å². The van der Waals surface area contributed by atoms with Gasteiger partial charge in [-0.25, -0.2) is 20.0 Å². The van der Waals surface area contributed by atoms with E-state index in [0.717, 1.165) is 15.0 Å². The lowest BCUT2D eigenvalue weighted by molar-refractivity contribution is 0.103. The minimum Gasteiger partial charge on any atom is -0.446 e. The van der Waals surface area contributed by atoms with Crippen LogP contribution in [0.1, 0.15) is 27.7 Å². The molecule has 0 atom stereocenters. The van der Waals surface area contributed by atoms with E-state index < -0.39 is 18.3 Å². The number of anilines is 1. The fraction of sp³-hybridized carbons (Fsp3) is 0.286. The highest BCUT2D eigenvalue weighted by molar-refractivity contribution is 9.10. The van der Waals surface area contributed by atoms with Crippen molar-refractivity contribution in [3.63, 3.8) is 0 Å². The van der Waals surface area contributed by atoms with Gasteiger partial charge in [-0.3, -0.25) is 4.40 Å². The zero-order valence-corrected chi connectivity index (χ0v) is 18.7. The second kappa shape index (κ2) is 9.17. The average molecular weight is 475 g/mol. The lowest BCUT2D eigenvalue weighted by Crippen LogP contribution is -2.48. The van der Waals surface area contributed by atoms with Crippen molar-refractivity contribution in [3.05, 3.63) is 53.1 Å². The molecule has 0 unspecified atom stereocenters. The number of hydrogen-bond acceptors (Lipinski definition) is 5. The van der Waals surface area contributed by atoms with Gasteiger partial charge >= 0.3 is 12.2 Å². The summed E-state index contributed by atoms with van der Waals surface area (Å²) in [6.07, 6.45) is -0.542. The van der Waals surface area contributed by atoms with Gasteiger partial charge in [0, 0.05) is 16.2 Å². The van der Waals surface area contributed by atoms with Crippen molar-refractivity contribution in [2.24, 2.45) is 0 Å². The summed E-state index contributed by atoms with van der Waals surface area (Å²) in [6.45, 7) is 6.90. The van der Waals surface area contributed by atoms with E-state index in [1.807, 2.05) is 42.5 Å². The molecule has 0 spiro atoms. The van der Waals surface area contributed by atoms with Crippen LogP contribution < -0.4 is 10.4 Å². The van der Waals surface area contributed by atoms with Crippen LogP contribution in [-0.2, 0) is 9.47 Å². The molecule has 2 aromatic heterocycles. The quantitative estimate of drug-likeness (QED) is 0.527. The molecular weight excluding hydrogens is 452 g/mol. The van der Waals surface area contributed by atoms with Gasteiger partial charge in [0.2, 0.25) is 0 Å². The molecule has 158 valence electrons. The number of nitrogens with one attached hydrogen (secondary N) is 1. The van der Waals surface area contributed by atoms with Gasteiger partial charge in [0.15, 0.2) is 5.82 Å². The van der Waals surface area contributed by atoms with Crippen LogP contribution in [0.5, 0.6) is 0 Å². The highest BCUT2D eigenvalue weighted by Gasteiger charge is 2.29. The van der Waals surface area contributed by atoms with E-state index in [2.05, 4.69) is 26.3 Å². The van der Waals surface area contributed by atoms with Crippen LogP contribution >= 0.6 is 15.9 Å². The maximum atomic E-state index is 13.0. The number of hydrogen-bond donors (Lipinski definition) is 1. The zero-order chi connectivity index (χ0) is 21.8. The first-order valence-corrected chi connectivity index (χ1v) is 10.3. The minimum atomic E-state index is -0.781. The van der Waals surface area contributed by atoms with Crippen LogP contribution in [0, 0.1) is 0 Å².